The molecule has 0 aromatic heterocycles. The number of rotatable bonds is 11. The van der Waals surface area contributed by atoms with E-state index >= 15 is 0 Å². The summed E-state index contributed by atoms with van der Waals surface area (Å²) in [5, 5.41) is 0. The Morgan fingerprint density at radius 2 is 1.46 bits per heavy atom. The van der Waals surface area contributed by atoms with Gasteiger partial charge in [-0.3, -0.25) is 0 Å². The summed E-state index contributed by atoms with van der Waals surface area (Å²) < 4.78 is 15.9. The van der Waals surface area contributed by atoms with Gasteiger partial charge in [-0.05, 0) is 69.0 Å². The van der Waals surface area contributed by atoms with Gasteiger partial charge in [0.25, 0.3) is 0 Å². The van der Waals surface area contributed by atoms with Crippen molar-refractivity contribution in [1.29, 1.82) is 0 Å². The van der Waals surface area contributed by atoms with Gasteiger partial charge < -0.3 is 14.2 Å². The molecule has 0 unspecified atom stereocenters. The third-order valence-electron chi connectivity index (χ3n) is 4.04. The summed E-state index contributed by atoms with van der Waals surface area (Å²) in [5.41, 5.74) is 1.58. The summed E-state index contributed by atoms with van der Waals surface area (Å²) in [7, 11) is 0. The highest BCUT2D eigenvalue weighted by molar-refractivity contribution is 5.91. The predicted molar refractivity (Wildman–Crippen MR) is 108 cm³/mol. The van der Waals surface area contributed by atoms with E-state index < -0.39 is 5.97 Å². The van der Waals surface area contributed by atoms with Gasteiger partial charge in [-0.15, -0.1) is 0 Å². The normalized spacial score (nSPS) is 10.2. The summed E-state index contributed by atoms with van der Waals surface area (Å²) in [6, 6.07) is 14.3. The van der Waals surface area contributed by atoms with Gasteiger partial charge in [-0.2, -0.15) is 0 Å². The first-order valence-electron chi connectivity index (χ1n) is 9.39. The molecule has 0 aliphatic rings. The number of esters is 2. The molecule has 5 nitrogen and oxygen atoms in total. The SMILES string of the molecule is C=CC(=O)OCCCCCCOc1ccc(C(=O)Oc2ccc(C)cc2)cc1. The fourth-order valence-corrected chi connectivity index (χ4v) is 2.44. The summed E-state index contributed by atoms with van der Waals surface area (Å²) >= 11 is 0. The van der Waals surface area contributed by atoms with Crippen LogP contribution in [0.3, 0.4) is 0 Å². The number of carbonyl (C=O) groups is 2. The van der Waals surface area contributed by atoms with Crippen LogP contribution >= 0.6 is 0 Å². The lowest BCUT2D eigenvalue weighted by atomic mass is 10.2. The maximum absolute atomic E-state index is 12.2. The first-order valence-corrected chi connectivity index (χ1v) is 9.39. The molecule has 0 atom stereocenters. The molecule has 5 heteroatoms. The zero-order chi connectivity index (χ0) is 20.2. The molecule has 28 heavy (non-hydrogen) atoms. The number of unbranched alkanes of at least 4 members (excludes halogenated alkanes) is 3. The monoisotopic (exact) mass is 382 g/mol. The second-order valence-electron chi connectivity index (χ2n) is 6.36. The van der Waals surface area contributed by atoms with E-state index in [1.54, 1.807) is 36.4 Å². The van der Waals surface area contributed by atoms with Crippen LogP contribution in [0.25, 0.3) is 0 Å². The Morgan fingerprint density at radius 3 is 2.11 bits per heavy atom. The lowest BCUT2D eigenvalue weighted by Gasteiger charge is -2.08. The fourth-order valence-electron chi connectivity index (χ4n) is 2.44. The van der Waals surface area contributed by atoms with Gasteiger partial charge in [0.2, 0.25) is 0 Å². The van der Waals surface area contributed by atoms with Gasteiger partial charge in [0.1, 0.15) is 11.5 Å². The third-order valence-corrected chi connectivity index (χ3v) is 4.04. The molecule has 0 spiro atoms. The smallest absolute Gasteiger partial charge is 0.343 e. The van der Waals surface area contributed by atoms with E-state index in [1.165, 1.54) is 6.08 Å². The van der Waals surface area contributed by atoms with Gasteiger partial charge in [0.05, 0.1) is 18.8 Å². The molecule has 2 aromatic carbocycles. The highest BCUT2D eigenvalue weighted by Crippen LogP contribution is 2.17. The summed E-state index contributed by atoms with van der Waals surface area (Å²) in [5.74, 6) is 0.462. The molecule has 0 bridgehead atoms. The largest absolute Gasteiger partial charge is 0.494 e. The Morgan fingerprint density at radius 1 is 0.857 bits per heavy atom. The van der Waals surface area contributed by atoms with Crippen molar-refractivity contribution in [2.45, 2.75) is 32.6 Å². The van der Waals surface area contributed by atoms with E-state index in [9.17, 15) is 9.59 Å². The Labute approximate surface area is 165 Å². The molecular formula is C23H26O5. The second kappa shape index (κ2) is 11.6. The standard InChI is InChI=1S/C23H26O5/c1-3-22(24)27-17-7-5-4-6-16-26-20-14-10-19(11-15-20)23(25)28-21-12-8-18(2)9-13-21/h3,8-15H,1,4-7,16-17H2,2H3. The quantitative estimate of drug-likeness (QED) is 0.240. The molecule has 0 heterocycles. The van der Waals surface area contributed by atoms with Crippen LogP contribution < -0.4 is 9.47 Å². The Balaban J connectivity index is 1.64. The molecule has 0 N–H and O–H groups in total. The zero-order valence-corrected chi connectivity index (χ0v) is 16.2. The van der Waals surface area contributed by atoms with Crippen LogP contribution in [0, 0.1) is 6.92 Å². The van der Waals surface area contributed by atoms with E-state index in [-0.39, 0.29) is 5.97 Å². The highest BCUT2D eigenvalue weighted by atomic mass is 16.5. The van der Waals surface area contributed by atoms with Crippen molar-refractivity contribution in [3.05, 3.63) is 72.3 Å². The molecule has 0 saturated heterocycles. The molecule has 0 aliphatic heterocycles. The molecule has 0 radical (unpaired) electrons. The van der Waals surface area contributed by atoms with E-state index in [0.717, 1.165) is 31.2 Å². The van der Waals surface area contributed by atoms with E-state index in [0.29, 0.717) is 30.3 Å². The van der Waals surface area contributed by atoms with Crippen molar-refractivity contribution in [2.75, 3.05) is 13.2 Å². The molecular weight excluding hydrogens is 356 g/mol. The van der Waals surface area contributed by atoms with Gasteiger partial charge >= 0.3 is 11.9 Å². The van der Waals surface area contributed by atoms with E-state index in [4.69, 9.17) is 14.2 Å². The van der Waals surface area contributed by atoms with Crippen LogP contribution in [-0.4, -0.2) is 25.2 Å². The number of ether oxygens (including phenoxy) is 3. The van der Waals surface area contributed by atoms with Crippen molar-refractivity contribution in [3.8, 4) is 11.5 Å². The molecule has 2 rings (SSSR count). The minimum Gasteiger partial charge on any atom is -0.494 e. The van der Waals surface area contributed by atoms with Crippen LogP contribution in [0.5, 0.6) is 11.5 Å². The first-order chi connectivity index (χ1) is 13.6. The lowest BCUT2D eigenvalue weighted by Crippen LogP contribution is -2.08. The van der Waals surface area contributed by atoms with Crippen molar-refractivity contribution < 1.29 is 23.8 Å². The molecule has 0 fully saturated rings. The molecule has 0 aliphatic carbocycles. The van der Waals surface area contributed by atoms with Gasteiger partial charge in [-0.25, -0.2) is 9.59 Å². The maximum atomic E-state index is 12.2. The Hall–Kier alpha value is -3.08. The van der Waals surface area contributed by atoms with Gasteiger partial charge in [0, 0.05) is 6.08 Å². The predicted octanol–water partition coefficient (Wildman–Crippen LogP) is 4.88. The maximum Gasteiger partial charge on any atom is 0.343 e. The Bertz CT molecular complexity index is 763. The van der Waals surface area contributed by atoms with Crippen LogP contribution in [0.1, 0.15) is 41.6 Å². The third kappa shape index (κ3) is 7.66. The minimum atomic E-state index is -0.396. The highest BCUT2D eigenvalue weighted by Gasteiger charge is 2.08. The van der Waals surface area contributed by atoms with E-state index in [2.05, 4.69) is 6.58 Å². The van der Waals surface area contributed by atoms with Crippen molar-refractivity contribution in [3.63, 3.8) is 0 Å². The summed E-state index contributed by atoms with van der Waals surface area (Å²) in [6.07, 6.45) is 4.87. The van der Waals surface area contributed by atoms with Crippen molar-refractivity contribution in [2.24, 2.45) is 0 Å². The average Bonchev–Trinajstić information content (AvgIpc) is 2.71. The van der Waals surface area contributed by atoms with Crippen molar-refractivity contribution >= 4 is 11.9 Å². The second-order valence-corrected chi connectivity index (χ2v) is 6.36. The topological polar surface area (TPSA) is 61.8 Å². The molecule has 2 aromatic rings. The summed E-state index contributed by atoms with van der Waals surface area (Å²) in [4.78, 5) is 23.0. The Kier molecular flexibility index (Phi) is 8.79. The van der Waals surface area contributed by atoms with Gasteiger partial charge in [0.15, 0.2) is 0 Å². The van der Waals surface area contributed by atoms with Gasteiger partial charge in [-0.1, -0.05) is 24.3 Å². The minimum absolute atomic E-state index is 0.380. The van der Waals surface area contributed by atoms with E-state index in [1.807, 2.05) is 19.1 Å². The average molecular weight is 382 g/mol. The van der Waals surface area contributed by atoms with Crippen LogP contribution in [0.2, 0.25) is 0 Å². The number of hydrogen-bond acceptors (Lipinski definition) is 5. The number of aryl methyl sites for hydroxylation is 1. The molecule has 0 saturated carbocycles. The molecule has 148 valence electrons. The van der Waals surface area contributed by atoms with Crippen LogP contribution in [-0.2, 0) is 9.53 Å². The zero-order valence-electron chi connectivity index (χ0n) is 16.2. The number of carbonyl (C=O) groups excluding carboxylic acids is 2. The first kappa shape index (κ1) is 21.2. The number of hydrogen-bond donors (Lipinski definition) is 0. The number of benzene rings is 2. The summed E-state index contributed by atoms with van der Waals surface area (Å²) in [6.45, 7) is 6.35. The lowest BCUT2D eigenvalue weighted by molar-refractivity contribution is -0.137. The van der Waals surface area contributed by atoms with Crippen LogP contribution in [0.4, 0.5) is 0 Å². The fraction of sp³-hybridized carbons (Fsp3) is 0.304. The molecule has 0 amide bonds. The van der Waals surface area contributed by atoms with Crippen LogP contribution in [0.15, 0.2) is 61.2 Å². The van der Waals surface area contributed by atoms with Crippen molar-refractivity contribution in [1.82, 2.24) is 0 Å².